The Morgan fingerprint density at radius 1 is 1.33 bits per heavy atom. The summed E-state index contributed by atoms with van der Waals surface area (Å²) in [6.45, 7) is 6.57. The normalized spacial score (nSPS) is 15.0. The molecule has 0 heterocycles. The summed E-state index contributed by atoms with van der Waals surface area (Å²) in [5, 5.41) is 0. The molecule has 0 unspecified atom stereocenters. The molecule has 0 amide bonds. The number of hydrogen-bond acceptors (Lipinski definition) is 0. The van der Waals surface area contributed by atoms with Crippen molar-refractivity contribution in [3.05, 3.63) is 40.7 Å². The van der Waals surface area contributed by atoms with Gasteiger partial charge < -0.3 is 0 Å². The molecule has 0 saturated heterocycles. The Hall–Kier alpha value is -1.11. The van der Waals surface area contributed by atoms with E-state index in [0.29, 0.717) is 5.92 Å². The molecule has 0 atom stereocenters. The van der Waals surface area contributed by atoms with Gasteiger partial charge in [-0.25, -0.2) is 4.39 Å². The topological polar surface area (TPSA) is 0 Å². The van der Waals surface area contributed by atoms with Gasteiger partial charge in [0, 0.05) is 0 Å². The van der Waals surface area contributed by atoms with E-state index >= 15 is 0 Å². The van der Waals surface area contributed by atoms with E-state index in [2.05, 4.69) is 20.8 Å². The van der Waals surface area contributed by atoms with Gasteiger partial charge in [-0.15, -0.1) is 0 Å². The summed E-state index contributed by atoms with van der Waals surface area (Å²) in [7, 11) is 0. The van der Waals surface area contributed by atoms with Crippen LogP contribution in [0.5, 0.6) is 0 Å². The van der Waals surface area contributed by atoms with Gasteiger partial charge in [-0.1, -0.05) is 25.5 Å². The summed E-state index contributed by atoms with van der Waals surface area (Å²) in [6, 6.07) is 5.14. The largest absolute Gasteiger partial charge is 0.207 e. The molecular formula is C14H17F. The second-order valence-corrected chi connectivity index (χ2v) is 4.80. The minimum absolute atomic E-state index is 0.126. The van der Waals surface area contributed by atoms with E-state index in [1.165, 1.54) is 16.7 Å². The van der Waals surface area contributed by atoms with Crippen LogP contribution in [0.2, 0.25) is 0 Å². The van der Waals surface area contributed by atoms with Gasteiger partial charge in [0.25, 0.3) is 0 Å². The fraction of sp³-hybridized carbons (Fsp3) is 0.429. The Morgan fingerprint density at radius 3 is 2.73 bits per heavy atom. The van der Waals surface area contributed by atoms with Crippen LogP contribution in [-0.4, -0.2) is 0 Å². The maximum atomic E-state index is 13.1. The summed E-state index contributed by atoms with van der Waals surface area (Å²) in [4.78, 5) is 0. The number of halogens is 1. The lowest BCUT2D eigenvalue weighted by Crippen LogP contribution is -1.92. The van der Waals surface area contributed by atoms with Crippen molar-refractivity contribution in [2.24, 2.45) is 5.92 Å². The third-order valence-corrected chi connectivity index (χ3v) is 3.06. The zero-order valence-electron chi connectivity index (χ0n) is 9.60. The Bertz CT molecular complexity index is 413. The second kappa shape index (κ2) is 3.80. The van der Waals surface area contributed by atoms with Crippen LogP contribution in [-0.2, 0) is 6.42 Å². The fourth-order valence-corrected chi connectivity index (χ4v) is 2.32. The highest BCUT2D eigenvalue weighted by Gasteiger charge is 2.19. The Morgan fingerprint density at radius 2 is 2.07 bits per heavy atom. The van der Waals surface area contributed by atoms with E-state index in [1.54, 1.807) is 12.1 Å². The van der Waals surface area contributed by atoms with Crippen LogP contribution in [0.25, 0.3) is 5.57 Å². The molecule has 15 heavy (non-hydrogen) atoms. The number of hydrogen-bond donors (Lipinski definition) is 0. The van der Waals surface area contributed by atoms with E-state index in [0.717, 1.165) is 18.4 Å². The van der Waals surface area contributed by atoms with E-state index < -0.39 is 0 Å². The highest BCUT2D eigenvalue weighted by atomic mass is 19.1. The molecule has 0 radical (unpaired) electrons. The highest BCUT2D eigenvalue weighted by Crippen LogP contribution is 2.35. The maximum absolute atomic E-state index is 13.1. The average molecular weight is 204 g/mol. The third kappa shape index (κ3) is 1.97. The Labute approximate surface area is 90.8 Å². The minimum atomic E-state index is -0.126. The summed E-state index contributed by atoms with van der Waals surface area (Å²) in [5.41, 5.74) is 5.17. The van der Waals surface area contributed by atoms with Crippen molar-refractivity contribution in [2.45, 2.75) is 33.6 Å². The summed E-state index contributed by atoms with van der Waals surface area (Å²) < 4.78 is 13.1. The molecule has 0 spiro atoms. The number of fused-ring (bicyclic) bond motifs is 1. The van der Waals surface area contributed by atoms with Gasteiger partial charge in [0.05, 0.1) is 0 Å². The second-order valence-electron chi connectivity index (χ2n) is 4.80. The van der Waals surface area contributed by atoms with Crippen LogP contribution < -0.4 is 0 Å². The first-order valence-electron chi connectivity index (χ1n) is 5.55. The summed E-state index contributed by atoms with van der Waals surface area (Å²) >= 11 is 0. The van der Waals surface area contributed by atoms with Crippen molar-refractivity contribution in [1.82, 2.24) is 0 Å². The zero-order chi connectivity index (χ0) is 11.0. The molecule has 0 aliphatic heterocycles. The van der Waals surface area contributed by atoms with E-state index in [1.807, 2.05) is 6.07 Å². The quantitative estimate of drug-likeness (QED) is 0.677. The molecule has 0 aromatic heterocycles. The first-order chi connectivity index (χ1) is 7.08. The molecule has 0 nitrogen and oxygen atoms in total. The van der Waals surface area contributed by atoms with Gasteiger partial charge in [0.2, 0.25) is 0 Å². The van der Waals surface area contributed by atoms with Crippen LogP contribution in [0.3, 0.4) is 0 Å². The first kappa shape index (κ1) is 10.4. The highest BCUT2D eigenvalue weighted by molar-refractivity contribution is 5.74. The van der Waals surface area contributed by atoms with Gasteiger partial charge in [0.1, 0.15) is 5.82 Å². The lowest BCUT2D eigenvalue weighted by molar-refractivity contribution is 0.626. The zero-order valence-corrected chi connectivity index (χ0v) is 9.60. The van der Waals surface area contributed by atoms with Gasteiger partial charge in [0.15, 0.2) is 0 Å². The van der Waals surface area contributed by atoms with Crippen LogP contribution in [0.15, 0.2) is 23.8 Å². The molecule has 0 saturated carbocycles. The molecule has 1 aromatic rings. The number of rotatable bonds is 2. The fourth-order valence-electron chi connectivity index (χ4n) is 2.32. The van der Waals surface area contributed by atoms with Crippen molar-refractivity contribution in [1.29, 1.82) is 0 Å². The predicted octanol–water partition coefficient (Wildman–Crippen LogP) is 4.20. The molecule has 1 aliphatic rings. The molecule has 1 heteroatoms. The maximum Gasteiger partial charge on any atom is 0.123 e. The third-order valence-electron chi connectivity index (χ3n) is 3.06. The lowest BCUT2D eigenvalue weighted by atomic mass is 9.99. The monoisotopic (exact) mass is 204 g/mol. The standard InChI is InChI=1S/C14H17F/c1-9(2)6-12-7-11-4-5-13(15)8-14(11)10(12)3/h4-5,8-9H,6-7H2,1-3H3. The average Bonchev–Trinajstić information content (AvgIpc) is 2.44. The van der Waals surface area contributed by atoms with Crippen molar-refractivity contribution in [2.75, 3.05) is 0 Å². The van der Waals surface area contributed by atoms with Crippen molar-refractivity contribution >= 4 is 5.57 Å². The van der Waals surface area contributed by atoms with E-state index in [9.17, 15) is 4.39 Å². The molecular weight excluding hydrogens is 187 g/mol. The molecule has 0 N–H and O–H groups in total. The van der Waals surface area contributed by atoms with Gasteiger partial charge in [-0.05, 0) is 54.5 Å². The minimum Gasteiger partial charge on any atom is -0.207 e. The van der Waals surface area contributed by atoms with Crippen LogP contribution >= 0.6 is 0 Å². The predicted molar refractivity (Wildman–Crippen MR) is 62.2 cm³/mol. The van der Waals surface area contributed by atoms with Gasteiger partial charge in [-0.2, -0.15) is 0 Å². The molecule has 0 bridgehead atoms. The molecule has 1 aliphatic carbocycles. The van der Waals surface area contributed by atoms with E-state index in [-0.39, 0.29) is 5.82 Å². The van der Waals surface area contributed by atoms with Gasteiger partial charge >= 0.3 is 0 Å². The Kier molecular flexibility index (Phi) is 2.64. The molecule has 80 valence electrons. The van der Waals surface area contributed by atoms with E-state index in [4.69, 9.17) is 0 Å². The smallest absolute Gasteiger partial charge is 0.123 e. The number of benzene rings is 1. The number of allylic oxidation sites excluding steroid dienone is 2. The van der Waals surface area contributed by atoms with Crippen molar-refractivity contribution in [3.63, 3.8) is 0 Å². The first-order valence-corrected chi connectivity index (χ1v) is 5.55. The molecule has 1 aromatic carbocycles. The summed E-state index contributed by atoms with van der Waals surface area (Å²) in [5.74, 6) is 0.549. The van der Waals surface area contributed by atoms with Crippen molar-refractivity contribution < 1.29 is 4.39 Å². The lowest BCUT2D eigenvalue weighted by Gasteiger charge is -2.06. The van der Waals surface area contributed by atoms with Crippen LogP contribution in [0.4, 0.5) is 4.39 Å². The van der Waals surface area contributed by atoms with Gasteiger partial charge in [-0.3, -0.25) is 0 Å². The molecule has 0 fully saturated rings. The van der Waals surface area contributed by atoms with Crippen molar-refractivity contribution in [3.8, 4) is 0 Å². The Balaban J connectivity index is 2.34. The summed E-state index contributed by atoms with van der Waals surface area (Å²) in [6.07, 6.45) is 2.14. The SMILES string of the molecule is CC1=C(CC(C)C)Cc2ccc(F)cc21. The molecule has 2 rings (SSSR count). The van der Waals surface area contributed by atoms with Crippen LogP contribution in [0.1, 0.15) is 38.3 Å². The van der Waals surface area contributed by atoms with Crippen LogP contribution in [0, 0.1) is 11.7 Å².